The molecule has 1 unspecified atom stereocenters. The van der Waals surface area contributed by atoms with Crippen LogP contribution in [0.4, 0.5) is 5.82 Å². The number of aromatic nitrogens is 2. The number of nitrogen functional groups attached to an aromatic ring is 1. The van der Waals surface area contributed by atoms with Crippen molar-refractivity contribution < 1.29 is 4.79 Å². The SMILES string of the molecule is CCC(NC(=O)c1nccnc1N)c1ccc(Cl)cc1. The number of nitrogens with one attached hydrogen (secondary N) is 1. The van der Waals surface area contributed by atoms with E-state index in [1.807, 2.05) is 19.1 Å². The number of benzene rings is 1. The number of nitrogens with zero attached hydrogens (tertiary/aromatic N) is 2. The van der Waals surface area contributed by atoms with Crippen molar-refractivity contribution in [2.24, 2.45) is 0 Å². The van der Waals surface area contributed by atoms with Crippen LogP contribution in [0.5, 0.6) is 0 Å². The molecular formula is C14H15ClN4O. The molecule has 0 aliphatic rings. The summed E-state index contributed by atoms with van der Waals surface area (Å²) in [5.41, 5.74) is 6.76. The number of amides is 1. The molecule has 1 aromatic heterocycles. The summed E-state index contributed by atoms with van der Waals surface area (Å²) in [6.07, 6.45) is 3.63. The molecule has 0 bridgehead atoms. The van der Waals surface area contributed by atoms with Crippen LogP contribution in [0.1, 0.15) is 35.4 Å². The zero-order chi connectivity index (χ0) is 14.5. The summed E-state index contributed by atoms with van der Waals surface area (Å²) >= 11 is 5.86. The molecule has 3 N–H and O–H groups in total. The van der Waals surface area contributed by atoms with Gasteiger partial charge in [-0.1, -0.05) is 30.7 Å². The first-order chi connectivity index (χ1) is 9.61. The third kappa shape index (κ3) is 3.24. The highest BCUT2D eigenvalue weighted by Crippen LogP contribution is 2.19. The summed E-state index contributed by atoms with van der Waals surface area (Å²) in [5.74, 6) is -0.214. The molecule has 2 rings (SSSR count). The lowest BCUT2D eigenvalue weighted by molar-refractivity contribution is 0.0931. The number of carbonyl (C=O) groups is 1. The van der Waals surface area contributed by atoms with Gasteiger partial charge in [0.25, 0.3) is 5.91 Å². The summed E-state index contributed by atoms with van der Waals surface area (Å²) < 4.78 is 0. The van der Waals surface area contributed by atoms with Gasteiger partial charge in [0.1, 0.15) is 0 Å². The van der Waals surface area contributed by atoms with Gasteiger partial charge in [0.15, 0.2) is 11.5 Å². The van der Waals surface area contributed by atoms with Gasteiger partial charge in [-0.2, -0.15) is 0 Å². The number of anilines is 1. The van der Waals surface area contributed by atoms with Gasteiger partial charge in [0.2, 0.25) is 0 Å². The number of halogens is 1. The van der Waals surface area contributed by atoms with Crippen LogP contribution in [0.15, 0.2) is 36.7 Å². The smallest absolute Gasteiger partial charge is 0.274 e. The summed E-state index contributed by atoms with van der Waals surface area (Å²) in [6, 6.07) is 7.24. The molecule has 20 heavy (non-hydrogen) atoms. The molecule has 6 heteroatoms. The van der Waals surface area contributed by atoms with Crippen molar-refractivity contribution >= 4 is 23.3 Å². The second-order valence-corrected chi connectivity index (χ2v) is 4.71. The van der Waals surface area contributed by atoms with Crippen molar-refractivity contribution in [2.75, 3.05) is 5.73 Å². The van der Waals surface area contributed by atoms with Gasteiger partial charge in [-0.05, 0) is 24.1 Å². The maximum absolute atomic E-state index is 12.2. The van der Waals surface area contributed by atoms with Crippen LogP contribution in [-0.2, 0) is 0 Å². The predicted molar refractivity (Wildman–Crippen MR) is 78.4 cm³/mol. The minimum atomic E-state index is -0.336. The van der Waals surface area contributed by atoms with Crippen molar-refractivity contribution in [2.45, 2.75) is 19.4 Å². The molecule has 1 amide bonds. The van der Waals surface area contributed by atoms with E-state index in [4.69, 9.17) is 17.3 Å². The highest BCUT2D eigenvalue weighted by molar-refractivity contribution is 6.30. The normalized spacial score (nSPS) is 11.9. The van der Waals surface area contributed by atoms with E-state index in [0.29, 0.717) is 5.02 Å². The Hall–Kier alpha value is -2.14. The molecule has 0 aliphatic carbocycles. The molecule has 2 aromatic rings. The fourth-order valence-corrected chi connectivity index (χ4v) is 1.99. The number of carbonyl (C=O) groups excluding carboxylic acids is 1. The molecule has 0 fully saturated rings. The van der Waals surface area contributed by atoms with Crippen molar-refractivity contribution in [1.82, 2.24) is 15.3 Å². The first kappa shape index (κ1) is 14.3. The van der Waals surface area contributed by atoms with Crippen LogP contribution >= 0.6 is 11.6 Å². The zero-order valence-electron chi connectivity index (χ0n) is 11.0. The first-order valence-electron chi connectivity index (χ1n) is 6.24. The fraction of sp³-hybridized carbons (Fsp3) is 0.214. The van der Waals surface area contributed by atoms with Gasteiger partial charge in [0, 0.05) is 17.4 Å². The Morgan fingerprint density at radius 2 is 1.95 bits per heavy atom. The molecule has 1 aromatic carbocycles. The van der Waals surface area contributed by atoms with E-state index >= 15 is 0 Å². The maximum Gasteiger partial charge on any atom is 0.274 e. The van der Waals surface area contributed by atoms with Crippen molar-refractivity contribution in [1.29, 1.82) is 0 Å². The lowest BCUT2D eigenvalue weighted by Gasteiger charge is -2.17. The number of nitrogens with two attached hydrogens (primary N) is 1. The van der Waals surface area contributed by atoms with Crippen LogP contribution in [0.3, 0.4) is 0 Å². The highest BCUT2D eigenvalue weighted by atomic mass is 35.5. The Labute approximate surface area is 122 Å². The summed E-state index contributed by atoms with van der Waals surface area (Å²) in [5, 5.41) is 3.56. The molecule has 0 spiro atoms. The molecular weight excluding hydrogens is 276 g/mol. The average molecular weight is 291 g/mol. The monoisotopic (exact) mass is 290 g/mol. The van der Waals surface area contributed by atoms with Crippen molar-refractivity contribution in [3.8, 4) is 0 Å². The molecule has 1 heterocycles. The van der Waals surface area contributed by atoms with Crippen molar-refractivity contribution in [3.63, 3.8) is 0 Å². The quantitative estimate of drug-likeness (QED) is 0.907. The first-order valence-corrected chi connectivity index (χ1v) is 6.62. The Morgan fingerprint density at radius 3 is 2.55 bits per heavy atom. The van der Waals surface area contributed by atoms with Crippen LogP contribution in [0.25, 0.3) is 0 Å². The molecule has 5 nitrogen and oxygen atoms in total. The molecule has 1 atom stereocenters. The average Bonchev–Trinajstić information content (AvgIpc) is 2.46. The maximum atomic E-state index is 12.2. The summed E-state index contributed by atoms with van der Waals surface area (Å²) in [7, 11) is 0. The number of hydrogen-bond donors (Lipinski definition) is 2. The minimum Gasteiger partial charge on any atom is -0.382 e. The third-order valence-corrected chi connectivity index (χ3v) is 3.18. The Balaban J connectivity index is 2.16. The Kier molecular flexibility index (Phi) is 4.53. The van der Waals surface area contributed by atoms with Crippen LogP contribution < -0.4 is 11.1 Å². The molecule has 0 saturated carbocycles. The van der Waals surface area contributed by atoms with Gasteiger partial charge in [-0.25, -0.2) is 9.97 Å². The van der Waals surface area contributed by atoms with E-state index in [1.54, 1.807) is 12.1 Å². The van der Waals surface area contributed by atoms with E-state index < -0.39 is 0 Å². The van der Waals surface area contributed by atoms with Gasteiger partial charge in [-0.15, -0.1) is 0 Å². The predicted octanol–water partition coefficient (Wildman–Crippen LogP) is 2.59. The van der Waals surface area contributed by atoms with Crippen molar-refractivity contribution in [3.05, 3.63) is 52.9 Å². The standard InChI is InChI=1S/C14H15ClN4O/c1-2-11(9-3-5-10(15)6-4-9)19-14(20)12-13(16)18-8-7-17-12/h3-8,11H,2H2,1H3,(H2,16,18)(H,19,20). The minimum absolute atomic E-state index is 0.121. The highest BCUT2D eigenvalue weighted by Gasteiger charge is 2.17. The van der Waals surface area contributed by atoms with E-state index in [2.05, 4.69) is 15.3 Å². The Bertz CT molecular complexity index is 600. The Morgan fingerprint density at radius 1 is 1.30 bits per heavy atom. The lowest BCUT2D eigenvalue weighted by atomic mass is 10.0. The van der Waals surface area contributed by atoms with Gasteiger partial charge < -0.3 is 11.1 Å². The van der Waals surface area contributed by atoms with Gasteiger partial charge in [0.05, 0.1) is 6.04 Å². The number of rotatable bonds is 4. The zero-order valence-corrected chi connectivity index (χ0v) is 11.8. The third-order valence-electron chi connectivity index (χ3n) is 2.93. The van der Waals surface area contributed by atoms with Crippen LogP contribution in [0.2, 0.25) is 5.02 Å². The molecule has 0 aliphatic heterocycles. The summed E-state index contributed by atoms with van der Waals surface area (Å²) in [6.45, 7) is 1.99. The van der Waals surface area contributed by atoms with E-state index in [1.165, 1.54) is 12.4 Å². The molecule has 0 radical (unpaired) electrons. The van der Waals surface area contributed by atoms with Crippen LogP contribution in [-0.4, -0.2) is 15.9 Å². The van der Waals surface area contributed by atoms with E-state index in [9.17, 15) is 4.79 Å². The van der Waals surface area contributed by atoms with E-state index in [0.717, 1.165) is 12.0 Å². The topological polar surface area (TPSA) is 80.9 Å². The fourth-order valence-electron chi connectivity index (χ4n) is 1.87. The number of hydrogen-bond acceptors (Lipinski definition) is 4. The molecule has 0 saturated heterocycles. The van der Waals surface area contributed by atoms with E-state index in [-0.39, 0.29) is 23.5 Å². The largest absolute Gasteiger partial charge is 0.382 e. The second kappa shape index (κ2) is 6.34. The van der Waals surface area contributed by atoms with Gasteiger partial charge in [-0.3, -0.25) is 4.79 Å². The second-order valence-electron chi connectivity index (χ2n) is 4.28. The lowest BCUT2D eigenvalue weighted by Crippen LogP contribution is -2.29. The summed E-state index contributed by atoms with van der Waals surface area (Å²) in [4.78, 5) is 20.0. The van der Waals surface area contributed by atoms with Crippen LogP contribution in [0, 0.1) is 0 Å². The van der Waals surface area contributed by atoms with Gasteiger partial charge >= 0.3 is 0 Å². The molecule has 104 valence electrons.